The zero-order valence-corrected chi connectivity index (χ0v) is 26.8. The predicted octanol–water partition coefficient (Wildman–Crippen LogP) is -0.351. The number of carbonyl (C=O) groups excluding carboxylic acids is 4. The number of guanidine groups is 1. The molecule has 1 fully saturated rings. The monoisotopic (exact) mass is 650 g/mol. The van der Waals surface area contributed by atoms with Gasteiger partial charge in [-0.05, 0) is 42.7 Å². The molecule has 1 aliphatic heterocycles. The molecule has 4 amide bonds. The summed E-state index contributed by atoms with van der Waals surface area (Å²) in [6.45, 7) is 3.59. The first-order chi connectivity index (χ1) is 22.3. The van der Waals surface area contributed by atoms with Gasteiger partial charge in [-0.3, -0.25) is 24.2 Å². The van der Waals surface area contributed by atoms with Gasteiger partial charge in [-0.15, -0.1) is 0 Å². The largest absolute Gasteiger partial charge is 0.480 e. The first-order valence-corrected chi connectivity index (χ1v) is 15.7. The number of hydrogen-bond donors (Lipinski definition) is 7. The molecule has 0 bridgehead atoms. The Hall–Kier alpha value is -4.98. The maximum Gasteiger partial charge on any atom is 0.326 e. The average molecular weight is 651 g/mol. The van der Waals surface area contributed by atoms with Crippen molar-refractivity contribution >= 4 is 35.6 Å². The first kappa shape index (κ1) is 36.5. The minimum absolute atomic E-state index is 0.0608. The molecule has 14 heteroatoms. The van der Waals surface area contributed by atoms with Gasteiger partial charge in [0.15, 0.2) is 5.96 Å². The molecule has 254 valence electrons. The van der Waals surface area contributed by atoms with Gasteiger partial charge >= 0.3 is 5.97 Å². The Kier molecular flexibility index (Phi) is 13.7. The second-order valence-electron chi connectivity index (χ2n) is 12.1. The molecule has 0 unspecified atom stereocenters. The molecule has 1 heterocycles. The van der Waals surface area contributed by atoms with Gasteiger partial charge in [0.2, 0.25) is 23.6 Å². The predicted molar refractivity (Wildman–Crippen MR) is 177 cm³/mol. The highest BCUT2D eigenvalue weighted by molar-refractivity contribution is 5.96. The molecular formula is C33H46N8O6. The molecule has 2 aromatic carbocycles. The molecule has 2 aromatic rings. The third-order valence-corrected chi connectivity index (χ3v) is 7.78. The van der Waals surface area contributed by atoms with Gasteiger partial charge < -0.3 is 43.2 Å². The zero-order chi connectivity index (χ0) is 34.5. The van der Waals surface area contributed by atoms with Crippen LogP contribution in [0.3, 0.4) is 0 Å². The van der Waals surface area contributed by atoms with Crippen molar-refractivity contribution in [2.45, 2.75) is 76.2 Å². The number of nitrogens with two attached hydrogens (primary N) is 3. The summed E-state index contributed by atoms with van der Waals surface area (Å²) >= 11 is 0. The number of carboxylic acids is 1. The zero-order valence-electron chi connectivity index (χ0n) is 26.8. The van der Waals surface area contributed by atoms with Crippen molar-refractivity contribution in [1.82, 2.24) is 20.9 Å². The van der Waals surface area contributed by atoms with Crippen molar-refractivity contribution in [3.05, 3.63) is 71.8 Å². The Morgan fingerprint density at radius 1 is 0.830 bits per heavy atom. The highest BCUT2D eigenvalue weighted by atomic mass is 16.4. The molecule has 0 radical (unpaired) electrons. The molecule has 0 aromatic heterocycles. The highest BCUT2D eigenvalue weighted by Gasteiger charge is 2.38. The van der Waals surface area contributed by atoms with Gasteiger partial charge in [-0.1, -0.05) is 74.5 Å². The maximum absolute atomic E-state index is 13.8. The number of nitrogens with one attached hydrogen (secondary N) is 3. The van der Waals surface area contributed by atoms with Gasteiger partial charge in [-0.25, -0.2) is 4.79 Å². The lowest BCUT2D eigenvalue weighted by atomic mass is 10.00. The van der Waals surface area contributed by atoms with Crippen LogP contribution in [0.4, 0.5) is 0 Å². The summed E-state index contributed by atoms with van der Waals surface area (Å²) in [5.74, 6) is -4.01. The minimum Gasteiger partial charge on any atom is -0.480 e. The summed E-state index contributed by atoms with van der Waals surface area (Å²) in [6, 6.07) is 12.9. The average Bonchev–Trinajstić information content (AvgIpc) is 3.53. The molecule has 0 spiro atoms. The number of carboxylic acid groups (broad SMARTS) is 1. The summed E-state index contributed by atoms with van der Waals surface area (Å²) in [6.07, 6.45) is 1.35. The fourth-order valence-corrected chi connectivity index (χ4v) is 5.42. The molecule has 47 heavy (non-hydrogen) atoms. The van der Waals surface area contributed by atoms with Gasteiger partial charge in [0, 0.05) is 13.0 Å². The number of benzene rings is 2. The van der Waals surface area contributed by atoms with Gasteiger partial charge in [0.05, 0.1) is 12.6 Å². The normalized spacial score (nSPS) is 16.8. The number of amides is 4. The van der Waals surface area contributed by atoms with Crippen LogP contribution in [-0.2, 0) is 36.8 Å². The molecule has 5 atom stereocenters. The second-order valence-corrected chi connectivity index (χ2v) is 12.1. The van der Waals surface area contributed by atoms with Crippen LogP contribution >= 0.6 is 0 Å². The standard InChI is InChI=1S/C33H46N8O6/c1-20(2)16-24(29(43)40-26(19-37-33(35)36)31(45)41-15-9-14-27(41)32(46)47)39-30(44)25(18-22-12-7-4-8-13-22)38-28(42)23(34)17-21-10-5-3-6-11-21/h3-8,10-13,20,23-27H,9,14-19,34H2,1-2H3,(H,38,42)(H,39,44)(H,40,43)(H,46,47)(H4,35,36,37)/t23-,24-,25-,26-,27+/m1/s1. The van der Waals surface area contributed by atoms with Crippen LogP contribution in [0.25, 0.3) is 0 Å². The van der Waals surface area contributed by atoms with Crippen molar-refractivity contribution in [2.24, 2.45) is 28.1 Å². The van der Waals surface area contributed by atoms with Gasteiger partial charge in [0.1, 0.15) is 24.2 Å². The summed E-state index contributed by atoms with van der Waals surface area (Å²) in [4.78, 5) is 70.9. The van der Waals surface area contributed by atoms with E-state index in [1.807, 2.05) is 74.5 Å². The molecule has 0 saturated carbocycles. The van der Waals surface area contributed by atoms with Gasteiger partial charge in [0.25, 0.3) is 0 Å². The fraction of sp³-hybridized carbons (Fsp3) is 0.455. The fourth-order valence-electron chi connectivity index (χ4n) is 5.42. The molecule has 14 nitrogen and oxygen atoms in total. The molecule has 10 N–H and O–H groups in total. The number of hydrogen-bond acceptors (Lipinski definition) is 7. The molecule has 1 saturated heterocycles. The topological polar surface area (TPSA) is 235 Å². The maximum atomic E-state index is 13.8. The number of nitrogens with zero attached hydrogens (tertiary/aromatic N) is 2. The van der Waals surface area contributed by atoms with Crippen LogP contribution in [-0.4, -0.2) is 88.9 Å². The third-order valence-electron chi connectivity index (χ3n) is 7.78. The Labute approximate surface area is 274 Å². The molecule has 1 aliphatic rings. The van der Waals surface area contributed by atoms with Crippen molar-refractivity contribution in [1.29, 1.82) is 0 Å². The van der Waals surface area contributed by atoms with Gasteiger partial charge in [-0.2, -0.15) is 0 Å². The summed E-state index contributed by atoms with van der Waals surface area (Å²) < 4.78 is 0. The molecule has 0 aliphatic carbocycles. The van der Waals surface area contributed by atoms with Crippen LogP contribution in [0, 0.1) is 5.92 Å². The van der Waals surface area contributed by atoms with E-state index in [1.54, 1.807) is 0 Å². The minimum atomic E-state index is -1.29. The van der Waals surface area contributed by atoms with Crippen molar-refractivity contribution in [3.8, 4) is 0 Å². The van der Waals surface area contributed by atoms with E-state index in [0.717, 1.165) is 11.1 Å². The highest BCUT2D eigenvalue weighted by Crippen LogP contribution is 2.19. The van der Waals surface area contributed by atoms with Crippen LogP contribution in [0.15, 0.2) is 65.7 Å². The van der Waals surface area contributed by atoms with Crippen molar-refractivity contribution in [2.75, 3.05) is 13.1 Å². The van der Waals surface area contributed by atoms with E-state index in [9.17, 15) is 29.1 Å². The number of aliphatic carboxylic acids is 1. The number of carbonyl (C=O) groups is 5. The lowest BCUT2D eigenvalue weighted by Gasteiger charge is -2.29. The van der Waals surface area contributed by atoms with Crippen LogP contribution in [0.1, 0.15) is 44.2 Å². The summed E-state index contributed by atoms with van der Waals surface area (Å²) in [5.41, 5.74) is 18.8. The van der Waals surface area contributed by atoms with Crippen molar-refractivity contribution < 1.29 is 29.1 Å². The van der Waals surface area contributed by atoms with Crippen molar-refractivity contribution in [3.63, 3.8) is 0 Å². The number of aliphatic imine (C=N–C) groups is 1. The quantitative estimate of drug-likeness (QED) is 0.0927. The number of rotatable bonds is 16. The lowest BCUT2D eigenvalue weighted by molar-refractivity contribution is -0.149. The molecular weight excluding hydrogens is 604 g/mol. The van der Waals surface area contributed by atoms with E-state index in [2.05, 4.69) is 20.9 Å². The van der Waals surface area contributed by atoms with E-state index in [4.69, 9.17) is 17.2 Å². The Morgan fingerprint density at radius 3 is 1.91 bits per heavy atom. The number of likely N-dealkylation sites (tertiary alicyclic amines) is 1. The SMILES string of the molecule is CC(C)C[C@@H](NC(=O)[C@@H](Cc1ccccc1)NC(=O)[C@H](N)Cc1ccccc1)C(=O)N[C@H](CN=C(N)N)C(=O)N1CCC[C@H]1C(=O)O. The first-order valence-electron chi connectivity index (χ1n) is 15.7. The summed E-state index contributed by atoms with van der Waals surface area (Å²) in [5, 5.41) is 17.7. The lowest BCUT2D eigenvalue weighted by Crippen LogP contribution is -2.59. The Morgan fingerprint density at radius 2 is 1.36 bits per heavy atom. The van der Waals surface area contributed by atoms with Crippen LogP contribution in [0.2, 0.25) is 0 Å². The van der Waals surface area contributed by atoms with E-state index < -0.39 is 59.8 Å². The van der Waals surface area contributed by atoms with E-state index in [-0.39, 0.29) is 50.7 Å². The van der Waals surface area contributed by atoms with Crippen LogP contribution in [0.5, 0.6) is 0 Å². The van der Waals surface area contributed by atoms with E-state index >= 15 is 0 Å². The second kappa shape index (κ2) is 17.6. The smallest absolute Gasteiger partial charge is 0.326 e. The van der Waals surface area contributed by atoms with E-state index in [0.29, 0.717) is 6.42 Å². The Bertz CT molecular complexity index is 1400. The Balaban J connectivity index is 1.81. The van der Waals surface area contributed by atoms with Crippen LogP contribution < -0.4 is 33.2 Å². The van der Waals surface area contributed by atoms with E-state index in [1.165, 1.54) is 4.90 Å². The molecule has 3 rings (SSSR count). The third kappa shape index (κ3) is 11.4. The summed E-state index contributed by atoms with van der Waals surface area (Å²) in [7, 11) is 0.